The molecule has 0 saturated carbocycles. The molecule has 0 aliphatic carbocycles. The number of methoxy groups -OCH3 is 2. The first-order valence-corrected chi connectivity index (χ1v) is 4.40. The molecule has 6 nitrogen and oxygen atoms in total. The Morgan fingerprint density at radius 2 is 1.94 bits per heavy atom. The zero-order valence-corrected chi connectivity index (χ0v) is 8.89. The highest BCUT2D eigenvalue weighted by atomic mass is 16.6. The van der Waals surface area contributed by atoms with Crippen LogP contribution in [0.1, 0.15) is 5.56 Å². The summed E-state index contributed by atoms with van der Waals surface area (Å²) in [5.74, 6) is 0.647. The topological polar surface area (TPSA) is 85.4 Å². The molecule has 0 fully saturated rings. The molecule has 0 bridgehead atoms. The molecule has 0 aliphatic rings. The molecule has 0 heterocycles. The monoisotopic (exact) mass is 222 g/mol. The van der Waals surface area contributed by atoms with E-state index >= 15 is 0 Å². The van der Waals surface area contributed by atoms with Crippen molar-refractivity contribution in [3.8, 4) is 17.6 Å². The Morgan fingerprint density at radius 3 is 2.38 bits per heavy atom. The van der Waals surface area contributed by atoms with Crippen LogP contribution < -0.4 is 9.47 Å². The van der Waals surface area contributed by atoms with Gasteiger partial charge in [0.2, 0.25) is 0 Å². The van der Waals surface area contributed by atoms with Crippen LogP contribution >= 0.6 is 0 Å². The lowest BCUT2D eigenvalue weighted by atomic mass is 10.1. The van der Waals surface area contributed by atoms with E-state index in [4.69, 9.17) is 14.7 Å². The minimum absolute atomic E-state index is 0.0450. The number of hydrogen-bond donors (Lipinski definition) is 0. The van der Waals surface area contributed by atoms with E-state index < -0.39 is 4.92 Å². The number of ether oxygens (including phenoxy) is 2. The molecule has 1 rings (SSSR count). The van der Waals surface area contributed by atoms with Gasteiger partial charge in [0.1, 0.15) is 0 Å². The standard InChI is InChI=1S/C10H10N2O4/c1-15-9-5-7(3-4-11)8(12(13)14)6-10(9)16-2/h5-6H,3H2,1-2H3. The first-order chi connectivity index (χ1) is 7.63. The molecule has 1 aromatic rings. The molecule has 0 N–H and O–H groups in total. The predicted octanol–water partition coefficient (Wildman–Crippen LogP) is 1.68. The van der Waals surface area contributed by atoms with E-state index in [9.17, 15) is 10.1 Å². The fraction of sp³-hybridized carbons (Fsp3) is 0.300. The highest BCUT2D eigenvalue weighted by molar-refractivity contribution is 5.54. The van der Waals surface area contributed by atoms with Crippen LogP contribution in [0.4, 0.5) is 5.69 Å². The minimum Gasteiger partial charge on any atom is -0.493 e. The number of benzene rings is 1. The van der Waals surface area contributed by atoms with Gasteiger partial charge in [-0.1, -0.05) is 0 Å². The summed E-state index contributed by atoms with van der Waals surface area (Å²) in [5, 5.41) is 19.3. The van der Waals surface area contributed by atoms with E-state index in [1.807, 2.05) is 6.07 Å². The SMILES string of the molecule is COc1cc(CC#N)c([N+](=O)[O-])cc1OC. The number of hydrogen-bond acceptors (Lipinski definition) is 5. The Labute approximate surface area is 92.2 Å². The highest BCUT2D eigenvalue weighted by Gasteiger charge is 2.18. The summed E-state index contributed by atoms with van der Waals surface area (Å²) < 4.78 is 9.95. The van der Waals surface area contributed by atoms with Crippen LogP contribution in [0.3, 0.4) is 0 Å². The van der Waals surface area contributed by atoms with Gasteiger partial charge in [0.25, 0.3) is 5.69 Å². The Kier molecular flexibility index (Phi) is 3.67. The average molecular weight is 222 g/mol. The molecule has 0 unspecified atom stereocenters. The fourth-order valence-electron chi connectivity index (χ4n) is 1.31. The van der Waals surface area contributed by atoms with Gasteiger partial charge in [0, 0.05) is 5.56 Å². The van der Waals surface area contributed by atoms with Crippen LogP contribution in [0.15, 0.2) is 12.1 Å². The van der Waals surface area contributed by atoms with Gasteiger partial charge in [-0.3, -0.25) is 10.1 Å². The summed E-state index contributed by atoms with van der Waals surface area (Å²) in [7, 11) is 2.82. The molecule has 0 aliphatic heterocycles. The Morgan fingerprint density at radius 1 is 1.38 bits per heavy atom. The second kappa shape index (κ2) is 4.98. The van der Waals surface area contributed by atoms with Crippen LogP contribution in [0.2, 0.25) is 0 Å². The zero-order chi connectivity index (χ0) is 12.1. The summed E-state index contributed by atoms with van der Waals surface area (Å²) >= 11 is 0. The third-order valence-corrected chi connectivity index (χ3v) is 2.05. The average Bonchev–Trinajstić information content (AvgIpc) is 2.28. The van der Waals surface area contributed by atoms with Gasteiger partial charge in [-0.15, -0.1) is 0 Å². The van der Waals surface area contributed by atoms with Crippen molar-refractivity contribution in [1.29, 1.82) is 5.26 Å². The lowest BCUT2D eigenvalue weighted by Crippen LogP contribution is -1.98. The maximum absolute atomic E-state index is 10.8. The molecular formula is C10H10N2O4. The number of nitro benzene ring substituents is 1. The van der Waals surface area contributed by atoms with Crippen molar-refractivity contribution in [2.75, 3.05) is 14.2 Å². The summed E-state index contributed by atoms with van der Waals surface area (Å²) in [6.07, 6.45) is -0.0450. The molecule has 1 aromatic carbocycles. The van der Waals surface area contributed by atoms with Gasteiger partial charge in [0.15, 0.2) is 11.5 Å². The Hall–Kier alpha value is -2.29. The van der Waals surface area contributed by atoms with Crippen LogP contribution in [-0.2, 0) is 6.42 Å². The first-order valence-electron chi connectivity index (χ1n) is 4.40. The molecule has 6 heteroatoms. The summed E-state index contributed by atoms with van der Waals surface area (Å²) in [5.41, 5.74) is 0.171. The molecule has 16 heavy (non-hydrogen) atoms. The molecule has 84 valence electrons. The highest BCUT2D eigenvalue weighted by Crippen LogP contribution is 2.34. The number of nitrogens with zero attached hydrogens (tertiary/aromatic N) is 2. The van der Waals surface area contributed by atoms with E-state index in [0.717, 1.165) is 0 Å². The van der Waals surface area contributed by atoms with Crippen molar-refractivity contribution in [3.63, 3.8) is 0 Å². The molecule has 0 atom stereocenters. The van der Waals surface area contributed by atoms with Crippen molar-refractivity contribution in [2.24, 2.45) is 0 Å². The molecule has 0 spiro atoms. The second-order valence-electron chi connectivity index (χ2n) is 2.93. The molecular weight excluding hydrogens is 212 g/mol. The van der Waals surface area contributed by atoms with E-state index in [2.05, 4.69) is 0 Å². The normalized spacial score (nSPS) is 9.31. The largest absolute Gasteiger partial charge is 0.493 e. The smallest absolute Gasteiger partial charge is 0.277 e. The maximum atomic E-state index is 10.8. The Balaban J connectivity index is 3.36. The number of nitriles is 1. The third kappa shape index (κ3) is 2.20. The quantitative estimate of drug-likeness (QED) is 0.571. The van der Waals surface area contributed by atoms with Crippen molar-refractivity contribution in [2.45, 2.75) is 6.42 Å². The third-order valence-electron chi connectivity index (χ3n) is 2.05. The summed E-state index contributed by atoms with van der Waals surface area (Å²) in [6.45, 7) is 0. The molecule has 0 radical (unpaired) electrons. The maximum Gasteiger partial charge on any atom is 0.277 e. The molecule has 0 saturated heterocycles. The zero-order valence-electron chi connectivity index (χ0n) is 8.89. The molecule has 0 aromatic heterocycles. The van der Waals surface area contributed by atoms with Crippen molar-refractivity contribution < 1.29 is 14.4 Å². The van der Waals surface area contributed by atoms with Crippen LogP contribution in [0, 0.1) is 21.4 Å². The van der Waals surface area contributed by atoms with Crippen molar-refractivity contribution in [3.05, 3.63) is 27.8 Å². The molecule has 0 amide bonds. The number of nitro groups is 1. The fourth-order valence-corrected chi connectivity index (χ4v) is 1.31. The van der Waals surface area contributed by atoms with Gasteiger partial charge in [-0.25, -0.2) is 0 Å². The number of rotatable bonds is 4. The summed E-state index contributed by atoms with van der Waals surface area (Å²) in [4.78, 5) is 10.2. The van der Waals surface area contributed by atoms with Gasteiger partial charge in [0.05, 0.1) is 37.7 Å². The van der Waals surface area contributed by atoms with Gasteiger partial charge < -0.3 is 9.47 Å². The minimum atomic E-state index is -0.547. The van der Waals surface area contributed by atoms with Crippen LogP contribution in [0.5, 0.6) is 11.5 Å². The van der Waals surface area contributed by atoms with Gasteiger partial charge in [-0.05, 0) is 6.07 Å². The van der Waals surface area contributed by atoms with Crippen molar-refractivity contribution in [1.82, 2.24) is 0 Å². The van der Waals surface area contributed by atoms with Gasteiger partial charge >= 0.3 is 0 Å². The van der Waals surface area contributed by atoms with Gasteiger partial charge in [-0.2, -0.15) is 5.26 Å². The van der Waals surface area contributed by atoms with E-state index in [1.165, 1.54) is 26.4 Å². The lowest BCUT2D eigenvalue weighted by Gasteiger charge is -2.08. The lowest BCUT2D eigenvalue weighted by molar-refractivity contribution is -0.385. The first kappa shape index (κ1) is 11.8. The van der Waals surface area contributed by atoms with Crippen LogP contribution in [-0.4, -0.2) is 19.1 Å². The van der Waals surface area contributed by atoms with Crippen LogP contribution in [0.25, 0.3) is 0 Å². The predicted molar refractivity (Wildman–Crippen MR) is 55.5 cm³/mol. The second-order valence-corrected chi connectivity index (χ2v) is 2.93. The Bertz CT molecular complexity index is 451. The summed E-state index contributed by atoms with van der Waals surface area (Å²) in [6, 6.07) is 4.57. The van der Waals surface area contributed by atoms with E-state index in [-0.39, 0.29) is 17.9 Å². The van der Waals surface area contributed by atoms with Crippen molar-refractivity contribution >= 4 is 5.69 Å². The van der Waals surface area contributed by atoms with E-state index in [0.29, 0.717) is 11.3 Å². The van der Waals surface area contributed by atoms with E-state index in [1.54, 1.807) is 0 Å².